The summed E-state index contributed by atoms with van der Waals surface area (Å²) in [5, 5.41) is 0.201. The lowest BCUT2D eigenvalue weighted by atomic mass is 10.2. The third kappa shape index (κ3) is 5.31. The fourth-order valence-corrected chi connectivity index (χ4v) is 4.64. The van der Waals surface area contributed by atoms with Gasteiger partial charge in [0.25, 0.3) is 5.91 Å². The summed E-state index contributed by atoms with van der Waals surface area (Å²) in [6.07, 6.45) is 0. The Morgan fingerprint density at radius 2 is 1.83 bits per heavy atom. The minimum Gasteiger partial charge on any atom is -0.492 e. The van der Waals surface area contributed by atoms with E-state index in [0.717, 1.165) is 11.3 Å². The van der Waals surface area contributed by atoms with Crippen LogP contribution in [0.2, 0.25) is 5.02 Å². The van der Waals surface area contributed by atoms with Crippen molar-refractivity contribution in [3.05, 3.63) is 58.6 Å². The summed E-state index contributed by atoms with van der Waals surface area (Å²) in [6, 6.07) is 11.8. The summed E-state index contributed by atoms with van der Waals surface area (Å²) < 4.78 is 38.0. The molecule has 0 unspecified atom stereocenters. The van der Waals surface area contributed by atoms with Crippen LogP contribution in [0.4, 0.5) is 0 Å². The maximum absolute atomic E-state index is 12.9. The SMILES string of the molecule is Cc1ccc(OCCN(C)C(=O)c2cc(S(=O)(=O)N3CCOCC3)ccc2Cl)cc1. The second-order valence-corrected chi connectivity index (χ2v) is 9.39. The standard InChI is InChI=1S/C21H25ClN2O5S/c1-16-3-5-17(6-4-16)29-14-9-23(2)21(25)19-15-18(7-8-20(19)22)30(26,27)24-10-12-28-13-11-24/h3-8,15H,9-14H2,1-2H3. The van der Waals surface area contributed by atoms with Crippen molar-refractivity contribution in [2.75, 3.05) is 46.5 Å². The number of benzene rings is 2. The molecule has 162 valence electrons. The first-order valence-corrected chi connectivity index (χ1v) is 11.4. The first-order chi connectivity index (χ1) is 14.3. The zero-order chi connectivity index (χ0) is 21.7. The quantitative estimate of drug-likeness (QED) is 0.645. The summed E-state index contributed by atoms with van der Waals surface area (Å²) in [5.41, 5.74) is 1.28. The molecule has 1 amide bonds. The molecule has 0 saturated carbocycles. The molecule has 7 nitrogen and oxygen atoms in total. The number of aryl methyl sites for hydroxylation is 1. The van der Waals surface area contributed by atoms with Gasteiger partial charge >= 0.3 is 0 Å². The van der Waals surface area contributed by atoms with E-state index >= 15 is 0 Å². The lowest BCUT2D eigenvalue weighted by Gasteiger charge is -2.26. The number of rotatable bonds is 7. The van der Waals surface area contributed by atoms with Crippen molar-refractivity contribution in [3.63, 3.8) is 0 Å². The van der Waals surface area contributed by atoms with Gasteiger partial charge in [-0.2, -0.15) is 4.31 Å². The van der Waals surface area contributed by atoms with Gasteiger partial charge in [-0.1, -0.05) is 29.3 Å². The van der Waals surface area contributed by atoms with E-state index in [1.165, 1.54) is 27.4 Å². The highest BCUT2D eigenvalue weighted by atomic mass is 35.5. The molecular weight excluding hydrogens is 428 g/mol. The molecule has 2 aromatic carbocycles. The molecule has 2 aromatic rings. The number of sulfonamides is 1. The van der Waals surface area contributed by atoms with E-state index in [9.17, 15) is 13.2 Å². The molecule has 1 aliphatic rings. The molecular formula is C21H25ClN2O5S. The number of carbonyl (C=O) groups is 1. The highest BCUT2D eigenvalue weighted by Crippen LogP contribution is 2.24. The Labute approximate surface area is 182 Å². The number of morpholine rings is 1. The topological polar surface area (TPSA) is 76.2 Å². The first kappa shape index (κ1) is 22.6. The van der Waals surface area contributed by atoms with E-state index < -0.39 is 10.0 Å². The average Bonchev–Trinajstić information content (AvgIpc) is 2.75. The van der Waals surface area contributed by atoms with Crippen molar-refractivity contribution in [1.29, 1.82) is 0 Å². The zero-order valence-electron chi connectivity index (χ0n) is 17.0. The number of ether oxygens (including phenoxy) is 2. The Balaban J connectivity index is 1.68. The molecule has 0 aromatic heterocycles. The van der Waals surface area contributed by atoms with Gasteiger partial charge in [0.05, 0.1) is 35.2 Å². The minimum atomic E-state index is -3.72. The second-order valence-electron chi connectivity index (χ2n) is 7.05. The average molecular weight is 453 g/mol. The molecule has 1 saturated heterocycles. The summed E-state index contributed by atoms with van der Waals surface area (Å²) in [5.74, 6) is 0.351. The molecule has 9 heteroatoms. The third-order valence-electron chi connectivity index (χ3n) is 4.84. The van der Waals surface area contributed by atoms with Crippen molar-refractivity contribution >= 4 is 27.5 Å². The van der Waals surface area contributed by atoms with Crippen LogP contribution in [0, 0.1) is 6.92 Å². The molecule has 0 spiro atoms. The maximum Gasteiger partial charge on any atom is 0.255 e. The van der Waals surface area contributed by atoms with E-state index in [-0.39, 0.29) is 34.5 Å². The number of halogens is 1. The fourth-order valence-electron chi connectivity index (χ4n) is 3.01. The number of carbonyl (C=O) groups excluding carboxylic acids is 1. The fraction of sp³-hybridized carbons (Fsp3) is 0.381. The van der Waals surface area contributed by atoms with E-state index in [4.69, 9.17) is 21.1 Å². The smallest absolute Gasteiger partial charge is 0.255 e. The second kappa shape index (κ2) is 9.78. The Bertz CT molecular complexity index is 989. The van der Waals surface area contributed by atoms with Crippen molar-refractivity contribution in [1.82, 2.24) is 9.21 Å². The van der Waals surface area contributed by atoms with Gasteiger partial charge in [0.15, 0.2) is 0 Å². The Hall–Kier alpha value is -2.13. The molecule has 0 bridgehead atoms. The highest BCUT2D eigenvalue weighted by molar-refractivity contribution is 7.89. The molecule has 0 N–H and O–H groups in total. The number of amides is 1. The molecule has 30 heavy (non-hydrogen) atoms. The van der Waals surface area contributed by atoms with Crippen molar-refractivity contribution in [3.8, 4) is 5.75 Å². The van der Waals surface area contributed by atoms with Gasteiger partial charge in [-0.25, -0.2) is 8.42 Å². The normalized spacial score (nSPS) is 15.0. The van der Waals surface area contributed by atoms with Gasteiger partial charge in [-0.3, -0.25) is 4.79 Å². The van der Waals surface area contributed by atoms with Gasteiger partial charge in [0.1, 0.15) is 12.4 Å². The molecule has 1 heterocycles. The van der Waals surface area contributed by atoms with Crippen molar-refractivity contribution < 1.29 is 22.7 Å². The van der Waals surface area contributed by atoms with Crippen LogP contribution in [-0.4, -0.2) is 70.0 Å². The number of nitrogens with zero attached hydrogens (tertiary/aromatic N) is 2. The lowest BCUT2D eigenvalue weighted by Crippen LogP contribution is -2.40. The first-order valence-electron chi connectivity index (χ1n) is 9.61. The van der Waals surface area contributed by atoms with Gasteiger partial charge in [0, 0.05) is 20.1 Å². The van der Waals surface area contributed by atoms with Crippen LogP contribution in [0.1, 0.15) is 15.9 Å². The predicted molar refractivity (Wildman–Crippen MR) is 115 cm³/mol. The Kier molecular flexibility index (Phi) is 7.36. The molecule has 3 rings (SSSR count). The summed E-state index contributed by atoms with van der Waals surface area (Å²) in [4.78, 5) is 14.4. The molecule has 0 aliphatic carbocycles. The minimum absolute atomic E-state index is 0.0430. The summed E-state index contributed by atoms with van der Waals surface area (Å²) >= 11 is 6.21. The largest absolute Gasteiger partial charge is 0.492 e. The van der Waals surface area contributed by atoms with E-state index in [2.05, 4.69) is 0 Å². The van der Waals surface area contributed by atoms with Gasteiger partial charge < -0.3 is 14.4 Å². The monoisotopic (exact) mass is 452 g/mol. The third-order valence-corrected chi connectivity index (χ3v) is 7.06. The summed E-state index contributed by atoms with van der Waals surface area (Å²) in [7, 11) is -2.09. The molecule has 0 radical (unpaired) electrons. The van der Waals surface area contributed by atoms with Crippen LogP contribution >= 0.6 is 11.6 Å². The lowest BCUT2D eigenvalue weighted by molar-refractivity contribution is 0.0730. The number of hydrogen-bond donors (Lipinski definition) is 0. The van der Waals surface area contributed by atoms with Crippen molar-refractivity contribution in [2.45, 2.75) is 11.8 Å². The van der Waals surface area contributed by atoms with Gasteiger partial charge in [0.2, 0.25) is 10.0 Å². The van der Waals surface area contributed by atoms with Crippen LogP contribution in [0.5, 0.6) is 5.75 Å². The number of hydrogen-bond acceptors (Lipinski definition) is 5. The predicted octanol–water partition coefficient (Wildman–Crippen LogP) is 2.82. The van der Waals surface area contributed by atoms with Crippen LogP contribution < -0.4 is 4.74 Å². The van der Waals surface area contributed by atoms with E-state index in [0.29, 0.717) is 26.4 Å². The van der Waals surface area contributed by atoms with Gasteiger partial charge in [-0.15, -0.1) is 0 Å². The van der Waals surface area contributed by atoms with Crippen LogP contribution in [0.25, 0.3) is 0 Å². The molecule has 0 atom stereocenters. The molecule has 1 fully saturated rings. The van der Waals surface area contributed by atoms with Crippen LogP contribution in [-0.2, 0) is 14.8 Å². The highest BCUT2D eigenvalue weighted by Gasteiger charge is 2.28. The Morgan fingerprint density at radius 3 is 2.50 bits per heavy atom. The van der Waals surface area contributed by atoms with E-state index in [1.54, 1.807) is 7.05 Å². The Morgan fingerprint density at radius 1 is 1.17 bits per heavy atom. The number of likely N-dealkylation sites (N-methyl/N-ethyl adjacent to an activating group) is 1. The van der Waals surface area contributed by atoms with Crippen LogP contribution in [0.15, 0.2) is 47.4 Å². The van der Waals surface area contributed by atoms with Gasteiger partial charge in [-0.05, 0) is 37.3 Å². The molecule has 1 aliphatic heterocycles. The summed E-state index contributed by atoms with van der Waals surface area (Å²) in [6.45, 7) is 3.88. The van der Waals surface area contributed by atoms with E-state index in [1.807, 2.05) is 31.2 Å². The van der Waals surface area contributed by atoms with Crippen molar-refractivity contribution in [2.24, 2.45) is 0 Å². The van der Waals surface area contributed by atoms with Crippen LogP contribution in [0.3, 0.4) is 0 Å². The zero-order valence-corrected chi connectivity index (χ0v) is 18.6. The maximum atomic E-state index is 12.9.